The Morgan fingerprint density at radius 3 is 2.48 bits per heavy atom. The number of nitrogens with one attached hydrogen (secondary N) is 1. The van der Waals surface area contributed by atoms with Crippen LogP contribution < -0.4 is 5.32 Å². The molecule has 1 rings (SSSR count). The zero-order valence-corrected chi connectivity index (χ0v) is 15.5. The van der Waals surface area contributed by atoms with Crippen molar-refractivity contribution in [1.29, 1.82) is 0 Å². The SMILES string of the molecule is CCNC(=NCCc1cccc(F)c1F)N(C)CC(=O)N(CC)CC. The summed E-state index contributed by atoms with van der Waals surface area (Å²) >= 11 is 0. The predicted octanol–water partition coefficient (Wildman–Crippen LogP) is 2.27. The van der Waals surface area contributed by atoms with Gasteiger partial charge in [-0.25, -0.2) is 8.78 Å². The third-order valence-corrected chi connectivity index (χ3v) is 3.86. The molecule has 0 saturated heterocycles. The van der Waals surface area contributed by atoms with Crippen LogP contribution in [0.2, 0.25) is 0 Å². The zero-order valence-electron chi connectivity index (χ0n) is 15.5. The van der Waals surface area contributed by atoms with Gasteiger partial charge < -0.3 is 15.1 Å². The van der Waals surface area contributed by atoms with E-state index in [9.17, 15) is 13.6 Å². The first kappa shape index (κ1) is 20.9. The first-order valence-corrected chi connectivity index (χ1v) is 8.64. The van der Waals surface area contributed by atoms with E-state index in [0.717, 1.165) is 6.07 Å². The van der Waals surface area contributed by atoms with Crippen molar-refractivity contribution in [2.24, 2.45) is 4.99 Å². The largest absolute Gasteiger partial charge is 0.357 e. The lowest BCUT2D eigenvalue weighted by atomic mass is 10.1. The van der Waals surface area contributed by atoms with E-state index in [1.165, 1.54) is 6.07 Å². The molecule has 0 atom stereocenters. The van der Waals surface area contributed by atoms with E-state index in [-0.39, 0.29) is 18.9 Å². The molecule has 7 heteroatoms. The van der Waals surface area contributed by atoms with Crippen LogP contribution >= 0.6 is 0 Å². The molecule has 1 aromatic rings. The summed E-state index contributed by atoms with van der Waals surface area (Å²) in [5, 5.41) is 3.11. The normalized spacial score (nSPS) is 11.4. The van der Waals surface area contributed by atoms with Gasteiger partial charge in [-0.2, -0.15) is 0 Å². The third kappa shape index (κ3) is 6.32. The standard InChI is InChI=1S/C18H28F2N4O/c1-5-21-18(23(4)13-16(25)24(6-2)7-3)22-12-11-14-9-8-10-15(19)17(14)20/h8-10H,5-7,11-13H2,1-4H3,(H,21,22). The highest BCUT2D eigenvalue weighted by Crippen LogP contribution is 2.11. The number of hydrogen-bond donors (Lipinski definition) is 1. The summed E-state index contributed by atoms with van der Waals surface area (Å²) < 4.78 is 26.9. The summed E-state index contributed by atoms with van der Waals surface area (Å²) in [5.74, 6) is -1.09. The van der Waals surface area contributed by atoms with E-state index in [1.54, 1.807) is 22.9 Å². The lowest BCUT2D eigenvalue weighted by Crippen LogP contribution is -2.45. The average molecular weight is 354 g/mol. The Labute approximate surface area is 148 Å². The van der Waals surface area contributed by atoms with Crippen molar-refractivity contribution in [2.75, 3.05) is 39.8 Å². The van der Waals surface area contributed by atoms with E-state index >= 15 is 0 Å². The highest BCUT2D eigenvalue weighted by atomic mass is 19.2. The Kier molecular flexibility index (Phi) is 8.88. The lowest BCUT2D eigenvalue weighted by Gasteiger charge is -2.25. The van der Waals surface area contributed by atoms with Crippen molar-refractivity contribution in [3.63, 3.8) is 0 Å². The monoisotopic (exact) mass is 354 g/mol. The van der Waals surface area contributed by atoms with E-state index in [2.05, 4.69) is 10.3 Å². The molecule has 0 saturated carbocycles. The molecule has 0 bridgehead atoms. The fourth-order valence-corrected chi connectivity index (χ4v) is 2.45. The average Bonchev–Trinajstić information content (AvgIpc) is 2.58. The molecule has 1 N–H and O–H groups in total. The fourth-order valence-electron chi connectivity index (χ4n) is 2.45. The molecule has 0 unspecified atom stereocenters. The second kappa shape index (κ2) is 10.6. The maximum atomic E-state index is 13.7. The quantitative estimate of drug-likeness (QED) is 0.575. The van der Waals surface area contributed by atoms with E-state index in [4.69, 9.17) is 0 Å². The first-order valence-electron chi connectivity index (χ1n) is 8.64. The van der Waals surface area contributed by atoms with E-state index in [0.29, 0.717) is 37.7 Å². The molecule has 0 heterocycles. The highest BCUT2D eigenvalue weighted by Gasteiger charge is 2.15. The summed E-state index contributed by atoms with van der Waals surface area (Å²) in [6.07, 6.45) is 0.288. The van der Waals surface area contributed by atoms with Gasteiger partial charge >= 0.3 is 0 Å². The summed E-state index contributed by atoms with van der Waals surface area (Å²) in [6.45, 7) is 8.29. The Morgan fingerprint density at radius 1 is 1.20 bits per heavy atom. The van der Waals surface area contributed by atoms with Crippen LogP contribution in [0.5, 0.6) is 0 Å². The maximum Gasteiger partial charge on any atom is 0.242 e. The van der Waals surface area contributed by atoms with Crippen LogP contribution in [0.4, 0.5) is 8.78 Å². The van der Waals surface area contributed by atoms with Gasteiger partial charge in [0.2, 0.25) is 5.91 Å². The molecule has 0 aliphatic heterocycles. The minimum absolute atomic E-state index is 0.0225. The molecule has 0 aromatic heterocycles. The van der Waals surface area contributed by atoms with E-state index < -0.39 is 11.6 Å². The number of halogens is 2. The molecular formula is C18H28F2N4O. The topological polar surface area (TPSA) is 47.9 Å². The highest BCUT2D eigenvalue weighted by molar-refractivity contribution is 5.86. The Bertz CT molecular complexity index is 588. The molecule has 0 radical (unpaired) electrons. The molecule has 0 fully saturated rings. The molecule has 1 aromatic carbocycles. The van der Waals surface area contributed by atoms with Crippen LogP contribution in [-0.4, -0.2) is 61.4 Å². The Balaban J connectivity index is 2.72. The van der Waals surface area contributed by atoms with Crippen molar-refractivity contribution in [2.45, 2.75) is 27.2 Å². The summed E-state index contributed by atoms with van der Waals surface area (Å²) in [5.41, 5.74) is 0.293. The summed E-state index contributed by atoms with van der Waals surface area (Å²) in [4.78, 5) is 20.1. The molecule has 0 aliphatic carbocycles. The van der Waals surface area contributed by atoms with Crippen LogP contribution in [0.25, 0.3) is 0 Å². The summed E-state index contributed by atoms with van der Waals surface area (Å²) in [6, 6.07) is 4.13. The number of carbonyl (C=O) groups is 1. The van der Waals surface area contributed by atoms with Gasteiger partial charge in [0.1, 0.15) is 0 Å². The number of likely N-dealkylation sites (N-methyl/N-ethyl adjacent to an activating group) is 2. The number of nitrogens with zero attached hydrogens (tertiary/aromatic N) is 3. The number of rotatable bonds is 8. The van der Waals surface area contributed by atoms with Crippen molar-refractivity contribution >= 4 is 11.9 Å². The van der Waals surface area contributed by atoms with Crippen LogP contribution in [0, 0.1) is 11.6 Å². The van der Waals surface area contributed by atoms with Gasteiger partial charge in [0.15, 0.2) is 17.6 Å². The zero-order chi connectivity index (χ0) is 18.8. The van der Waals surface area contributed by atoms with Gasteiger partial charge in [-0.3, -0.25) is 9.79 Å². The van der Waals surface area contributed by atoms with Crippen LogP contribution in [0.3, 0.4) is 0 Å². The molecule has 0 aliphatic rings. The minimum Gasteiger partial charge on any atom is -0.357 e. The van der Waals surface area contributed by atoms with Crippen molar-refractivity contribution < 1.29 is 13.6 Å². The first-order chi connectivity index (χ1) is 11.9. The number of amides is 1. The van der Waals surface area contributed by atoms with Crippen LogP contribution in [0.15, 0.2) is 23.2 Å². The number of carbonyl (C=O) groups excluding carboxylic acids is 1. The van der Waals surface area contributed by atoms with Crippen LogP contribution in [-0.2, 0) is 11.2 Å². The number of guanidine groups is 1. The van der Waals surface area contributed by atoms with Gasteiger partial charge in [0, 0.05) is 33.2 Å². The Morgan fingerprint density at radius 2 is 1.88 bits per heavy atom. The summed E-state index contributed by atoms with van der Waals surface area (Å²) in [7, 11) is 1.78. The van der Waals surface area contributed by atoms with Gasteiger partial charge in [0.25, 0.3) is 0 Å². The lowest BCUT2D eigenvalue weighted by molar-refractivity contribution is -0.131. The number of benzene rings is 1. The van der Waals surface area contributed by atoms with Gasteiger partial charge in [-0.1, -0.05) is 12.1 Å². The molecule has 25 heavy (non-hydrogen) atoms. The second-order valence-electron chi connectivity index (χ2n) is 5.62. The molecule has 5 nitrogen and oxygen atoms in total. The predicted molar refractivity (Wildman–Crippen MR) is 96.6 cm³/mol. The van der Waals surface area contributed by atoms with Crippen molar-refractivity contribution in [1.82, 2.24) is 15.1 Å². The van der Waals surface area contributed by atoms with Gasteiger partial charge in [0.05, 0.1) is 6.54 Å². The number of aliphatic imine (C=N–C) groups is 1. The van der Waals surface area contributed by atoms with Gasteiger partial charge in [-0.15, -0.1) is 0 Å². The van der Waals surface area contributed by atoms with Crippen molar-refractivity contribution in [3.05, 3.63) is 35.4 Å². The fraction of sp³-hybridized carbons (Fsp3) is 0.556. The number of hydrogen-bond acceptors (Lipinski definition) is 2. The van der Waals surface area contributed by atoms with E-state index in [1.807, 2.05) is 20.8 Å². The second-order valence-corrected chi connectivity index (χ2v) is 5.62. The minimum atomic E-state index is -0.852. The molecule has 140 valence electrons. The smallest absolute Gasteiger partial charge is 0.242 e. The maximum absolute atomic E-state index is 13.7. The van der Waals surface area contributed by atoms with Gasteiger partial charge in [-0.05, 0) is 38.8 Å². The third-order valence-electron chi connectivity index (χ3n) is 3.86. The van der Waals surface area contributed by atoms with Crippen LogP contribution in [0.1, 0.15) is 26.3 Å². The Hall–Kier alpha value is -2.18. The van der Waals surface area contributed by atoms with Crippen molar-refractivity contribution in [3.8, 4) is 0 Å². The molecular weight excluding hydrogens is 326 g/mol. The molecule has 1 amide bonds. The molecule has 0 spiro atoms.